The number of phosphoric acid groups is 1. The van der Waals surface area contributed by atoms with Crippen LogP contribution in [0.15, 0.2) is 48.6 Å². The first-order chi connectivity index (χ1) is 27.0. The molecule has 0 rings (SSSR count). The van der Waals surface area contributed by atoms with Crippen LogP contribution in [0.1, 0.15) is 194 Å². The van der Waals surface area contributed by atoms with Gasteiger partial charge in [0.05, 0.1) is 39.9 Å². The van der Waals surface area contributed by atoms with E-state index < -0.39 is 20.0 Å². The number of amides is 1. The van der Waals surface area contributed by atoms with Crippen LogP contribution in [0.3, 0.4) is 0 Å². The SMILES string of the molecule is CCCCCC/C=C\CCCC(=O)NC(COP(=O)(O)OCC[N+](C)(C)C)C(O)/C=C/CC/C=C/CC/C=C/CCCCCCCCCCCCCCCCC. The maximum Gasteiger partial charge on any atom is 0.472 e. The Balaban J connectivity index is 4.34. The molecule has 0 spiro atoms. The van der Waals surface area contributed by atoms with E-state index in [1.165, 1.54) is 128 Å². The zero-order chi connectivity index (χ0) is 41.4. The van der Waals surface area contributed by atoms with E-state index in [0.717, 1.165) is 38.5 Å². The standard InChI is InChI=1S/C47H89N2O6P/c1-6-8-10-12-14-16-17-18-19-20-21-22-23-24-25-26-27-28-29-30-31-33-34-36-38-40-46(50)45(44-55-56(52,53)54-43-42-49(3,4)5)48-47(51)41-39-37-35-32-15-13-11-9-7-2/h27-28,31-33,35,38,40,45-46,50H,6-26,29-30,34,36-37,39,41-44H2,1-5H3,(H-,48,51,52,53)/p+1/b28-27+,33-31+,35-32-,40-38+. The van der Waals surface area contributed by atoms with Crippen molar-refractivity contribution in [3.05, 3.63) is 48.6 Å². The maximum atomic E-state index is 12.8. The molecule has 0 aliphatic rings. The average Bonchev–Trinajstić information content (AvgIpc) is 3.15. The number of unbranched alkanes of at least 4 members (excludes halogenated alkanes) is 22. The molecule has 0 heterocycles. The molecule has 0 saturated carbocycles. The molecular weight excluding hydrogens is 719 g/mol. The average molecular weight is 810 g/mol. The molecule has 0 aliphatic carbocycles. The predicted molar refractivity (Wildman–Crippen MR) is 240 cm³/mol. The highest BCUT2D eigenvalue weighted by Crippen LogP contribution is 2.43. The second kappa shape index (κ2) is 38.9. The van der Waals surface area contributed by atoms with Crippen molar-refractivity contribution in [1.29, 1.82) is 0 Å². The van der Waals surface area contributed by atoms with Gasteiger partial charge < -0.3 is 19.8 Å². The number of rotatable bonds is 41. The predicted octanol–water partition coefficient (Wildman–Crippen LogP) is 12.9. The molecule has 0 saturated heterocycles. The number of aliphatic hydroxyl groups is 1. The Labute approximate surface area is 346 Å². The molecule has 3 atom stereocenters. The molecule has 328 valence electrons. The molecule has 0 fully saturated rings. The number of hydrogen-bond donors (Lipinski definition) is 3. The summed E-state index contributed by atoms with van der Waals surface area (Å²) >= 11 is 0. The van der Waals surface area contributed by atoms with Crippen LogP contribution in [-0.4, -0.2) is 73.4 Å². The van der Waals surface area contributed by atoms with E-state index in [1.807, 2.05) is 27.2 Å². The number of carbonyl (C=O) groups is 1. The van der Waals surface area contributed by atoms with E-state index in [2.05, 4.69) is 55.6 Å². The van der Waals surface area contributed by atoms with Gasteiger partial charge in [0, 0.05) is 6.42 Å². The summed E-state index contributed by atoms with van der Waals surface area (Å²) in [6, 6.07) is -0.882. The molecule has 8 nitrogen and oxygen atoms in total. The Morgan fingerprint density at radius 2 is 0.982 bits per heavy atom. The monoisotopic (exact) mass is 810 g/mol. The molecule has 9 heteroatoms. The third-order valence-electron chi connectivity index (χ3n) is 10.00. The first-order valence-corrected chi connectivity index (χ1v) is 24.5. The Bertz CT molecular complexity index is 1050. The van der Waals surface area contributed by atoms with E-state index in [1.54, 1.807) is 6.08 Å². The van der Waals surface area contributed by atoms with Gasteiger partial charge in [-0.15, -0.1) is 0 Å². The van der Waals surface area contributed by atoms with E-state index in [-0.39, 0.29) is 19.1 Å². The molecule has 0 bridgehead atoms. The Morgan fingerprint density at radius 1 is 0.589 bits per heavy atom. The summed E-state index contributed by atoms with van der Waals surface area (Å²) in [7, 11) is 1.53. The highest BCUT2D eigenvalue weighted by Gasteiger charge is 2.27. The van der Waals surface area contributed by atoms with Gasteiger partial charge in [0.1, 0.15) is 13.2 Å². The molecule has 1 amide bonds. The third-order valence-corrected chi connectivity index (χ3v) is 11.0. The smallest absolute Gasteiger partial charge is 0.387 e. The number of hydrogen-bond acceptors (Lipinski definition) is 5. The maximum absolute atomic E-state index is 12.8. The largest absolute Gasteiger partial charge is 0.472 e. The van der Waals surface area contributed by atoms with Gasteiger partial charge in [0.2, 0.25) is 5.91 Å². The number of aliphatic hydroxyl groups excluding tert-OH is 1. The Kier molecular flexibility index (Phi) is 37.9. The zero-order valence-electron chi connectivity index (χ0n) is 37.1. The summed E-state index contributed by atoms with van der Waals surface area (Å²) in [4.78, 5) is 23.0. The first kappa shape index (κ1) is 54.5. The molecule has 3 N–H and O–H groups in total. The molecule has 56 heavy (non-hydrogen) atoms. The van der Waals surface area contributed by atoms with Gasteiger partial charge in [-0.2, -0.15) is 0 Å². The van der Waals surface area contributed by atoms with Crippen LogP contribution in [0.25, 0.3) is 0 Å². The summed E-state index contributed by atoms with van der Waals surface area (Å²) < 4.78 is 23.5. The zero-order valence-corrected chi connectivity index (χ0v) is 38.0. The van der Waals surface area contributed by atoms with Crippen LogP contribution < -0.4 is 5.32 Å². The number of allylic oxidation sites excluding steroid dienone is 7. The van der Waals surface area contributed by atoms with Crippen molar-refractivity contribution in [3.63, 3.8) is 0 Å². The van der Waals surface area contributed by atoms with Crippen LogP contribution in [-0.2, 0) is 18.4 Å². The normalized spacial score (nSPS) is 14.8. The molecule has 0 aliphatic heterocycles. The van der Waals surface area contributed by atoms with Gasteiger partial charge in [-0.1, -0.05) is 172 Å². The van der Waals surface area contributed by atoms with Crippen molar-refractivity contribution in [2.45, 2.75) is 206 Å². The van der Waals surface area contributed by atoms with Gasteiger partial charge >= 0.3 is 7.82 Å². The van der Waals surface area contributed by atoms with E-state index >= 15 is 0 Å². The third kappa shape index (κ3) is 40.6. The summed E-state index contributed by atoms with van der Waals surface area (Å²) in [5, 5.41) is 13.7. The molecule has 3 unspecified atom stereocenters. The summed E-state index contributed by atoms with van der Waals surface area (Å²) in [6.07, 6.45) is 49.4. The minimum atomic E-state index is -4.35. The summed E-state index contributed by atoms with van der Waals surface area (Å²) in [6.45, 7) is 4.72. The lowest BCUT2D eigenvalue weighted by Gasteiger charge is -2.25. The molecule has 0 aromatic heterocycles. The van der Waals surface area contributed by atoms with Crippen molar-refractivity contribution in [1.82, 2.24) is 5.32 Å². The van der Waals surface area contributed by atoms with E-state index in [0.29, 0.717) is 23.9 Å². The minimum absolute atomic E-state index is 0.0479. The van der Waals surface area contributed by atoms with Crippen LogP contribution in [0.5, 0.6) is 0 Å². The lowest BCUT2D eigenvalue weighted by atomic mass is 10.0. The van der Waals surface area contributed by atoms with Crippen molar-refractivity contribution in [2.75, 3.05) is 40.9 Å². The van der Waals surface area contributed by atoms with Crippen molar-refractivity contribution >= 4 is 13.7 Å². The molecular formula is C47H90N2O6P+. The van der Waals surface area contributed by atoms with Crippen LogP contribution >= 0.6 is 7.82 Å². The van der Waals surface area contributed by atoms with Crippen LogP contribution in [0.4, 0.5) is 0 Å². The van der Waals surface area contributed by atoms with Gasteiger partial charge in [0.15, 0.2) is 0 Å². The molecule has 0 aromatic rings. The summed E-state index contributed by atoms with van der Waals surface area (Å²) in [5.41, 5.74) is 0. The second-order valence-corrected chi connectivity index (χ2v) is 18.2. The molecule has 0 radical (unpaired) electrons. The van der Waals surface area contributed by atoms with Crippen molar-refractivity contribution in [3.8, 4) is 0 Å². The number of phosphoric ester groups is 1. The number of nitrogens with zero attached hydrogens (tertiary/aromatic N) is 1. The fraction of sp³-hybridized carbons (Fsp3) is 0.809. The minimum Gasteiger partial charge on any atom is -0.387 e. The number of carbonyl (C=O) groups excluding carboxylic acids is 1. The highest BCUT2D eigenvalue weighted by atomic mass is 31.2. The number of quaternary nitrogens is 1. The summed E-state index contributed by atoms with van der Waals surface area (Å²) in [5.74, 6) is -0.229. The fourth-order valence-corrected chi connectivity index (χ4v) is 7.05. The lowest BCUT2D eigenvalue weighted by Crippen LogP contribution is -2.45. The van der Waals surface area contributed by atoms with Crippen molar-refractivity contribution < 1.29 is 32.9 Å². The van der Waals surface area contributed by atoms with Gasteiger partial charge in [-0.05, 0) is 64.2 Å². The van der Waals surface area contributed by atoms with E-state index in [9.17, 15) is 19.4 Å². The first-order valence-electron chi connectivity index (χ1n) is 23.0. The topological polar surface area (TPSA) is 105 Å². The quantitative estimate of drug-likeness (QED) is 0.0246. The van der Waals surface area contributed by atoms with Crippen LogP contribution in [0, 0.1) is 0 Å². The van der Waals surface area contributed by atoms with Gasteiger partial charge in [-0.25, -0.2) is 4.57 Å². The second-order valence-electron chi connectivity index (χ2n) is 16.8. The Morgan fingerprint density at radius 3 is 1.45 bits per heavy atom. The van der Waals surface area contributed by atoms with Gasteiger partial charge in [-0.3, -0.25) is 13.8 Å². The van der Waals surface area contributed by atoms with E-state index in [4.69, 9.17) is 9.05 Å². The lowest BCUT2D eigenvalue weighted by molar-refractivity contribution is -0.870. The van der Waals surface area contributed by atoms with Crippen molar-refractivity contribution in [2.24, 2.45) is 0 Å². The Hall–Kier alpha value is -1.54. The number of nitrogens with one attached hydrogen (secondary N) is 1. The van der Waals surface area contributed by atoms with Gasteiger partial charge in [0.25, 0.3) is 0 Å². The van der Waals surface area contributed by atoms with Crippen LogP contribution in [0.2, 0.25) is 0 Å². The molecule has 0 aromatic carbocycles. The highest BCUT2D eigenvalue weighted by molar-refractivity contribution is 7.47. The number of likely N-dealkylation sites (N-methyl/N-ethyl adjacent to an activating group) is 1. The fourth-order valence-electron chi connectivity index (χ4n) is 6.31.